The second kappa shape index (κ2) is 4.09. The maximum Gasteiger partial charge on any atom is 0.0396 e. The van der Waals surface area contributed by atoms with Gasteiger partial charge in [-0.25, -0.2) is 0 Å². The van der Waals surface area contributed by atoms with Crippen molar-refractivity contribution in [1.29, 1.82) is 0 Å². The van der Waals surface area contributed by atoms with Crippen LogP contribution in [0, 0.1) is 0 Å². The van der Waals surface area contributed by atoms with E-state index in [4.69, 9.17) is 5.73 Å². The van der Waals surface area contributed by atoms with Crippen molar-refractivity contribution in [2.45, 2.75) is 25.0 Å². The van der Waals surface area contributed by atoms with Crippen LogP contribution in [0.5, 0.6) is 0 Å². The van der Waals surface area contributed by atoms with E-state index in [0.29, 0.717) is 5.25 Å². The van der Waals surface area contributed by atoms with Gasteiger partial charge in [0.05, 0.1) is 0 Å². The van der Waals surface area contributed by atoms with Crippen LogP contribution in [0.2, 0.25) is 0 Å². The average molecular weight is 205 g/mol. The van der Waals surface area contributed by atoms with Gasteiger partial charge in [-0.1, -0.05) is 30.4 Å². The zero-order valence-corrected chi connectivity index (χ0v) is 9.18. The highest BCUT2D eigenvalue weighted by atomic mass is 32.2. The number of thioether (sulfide) groups is 1. The molecule has 0 radical (unpaired) electrons. The lowest BCUT2D eigenvalue weighted by Crippen LogP contribution is -2.11. The third kappa shape index (κ3) is 1.95. The molecule has 0 aromatic heterocycles. The standard InChI is InChI=1S/C12H15NS/c1-9-7-8-12(14-9)10-5-3-2-4-6-11(10)13/h2-3,5-7,12H,4,8,13H2,1H3. The molecule has 1 aliphatic heterocycles. The van der Waals surface area contributed by atoms with Crippen molar-refractivity contribution in [2.75, 3.05) is 0 Å². The summed E-state index contributed by atoms with van der Waals surface area (Å²) < 4.78 is 0. The number of allylic oxidation sites excluding steroid dienone is 7. The zero-order valence-electron chi connectivity index (χ0n) is 8.36. The summed E-state index contributed by atoms with van der Waals surface area (Å²) in [6, 6.07) is 0. The van der Waals surface area contributed by atoms with Gasteiger partial charge in [0.2, 0.25) is 0 Å². The molecule has 14 heavy (non-hydrogen) atoms. The molecule has 2 heteroatoms. The van der Waals surface area contributed by atoms with E-state index in [1.54, 1.807) is 0 Å². The van der Waals surface area contributed by atoms with E-state index in [1.165, 1.54) is 10.5 Å². The summed E-state index contributed by atoms with van der Waals surface area (Å²) in [5, 5.41) is 0.536. The third-order valence-electron chi connectivity index (χ3n) is 2.51. The summed E-state index contributed by atoms with van der Waals surface area (Å²) in [7, 11) is 0. The highest BCUT2D eigenvalue weighted by Gasteiger charge is 2.20. The molecule has 0 fully saturated rings. The second-order valence-electron chi connectivity index (χ2n) is 3.60. The molecule has 0 aromatic carbocycles. The molecule has 2 aliphatic rings. The predicted octanol–water partition coefficient (Wildman–Crippen LogP) is 3.12. The summed E-state index contributed by atoms with van der Waals surface area (Å²) in [6.07, 6.45) is 12.9. The van der Waals surface area contributed by atoms with E-state index in [9.17, 15) is 0 Å². The minimum Gasteiger partial charge on any atom is -0.399 e. The molecule has 0 amide bonds. The predicted molar refractivity (Wildman–Crippen MR) is 63.9 cm³/mol. The Morgan fingerprint density at radius 3 is 3.00 bits per heavy atom. The molecule has 2 rings (SSSR count). The molecule has 1 unspecified atom stereocenters. The third-order valence-corrected chi connectivity index (χ3v) is 3.78. The van der Waals surface area contributed by atoms with E-state index < -0.39 is 0 Å². The summed E-state index contributed by atoms with van der Waals surface area (Å²) in [6.45, 7) is 2.16. The average Bonchev–Trinajstić information content (AvgIpc) is 2.46. The second-order valence-corrected chi connectivity index (χ2v) is 5.05. The Hall–Kier alpha value is -0.890. The minimum atomic E-state index is 0.536. The molecule has 0 aromatic rings. The van der Waals surface area contributed by atoms with Gasteiger partial charge in [0, 0.05) is 10.9 Å². The van der Waals surface area contributed by atoms with Gasteiger partial charge in [-0.15, -0.1) is 11.8 Å². The Balaban J connectivity index is 2.17. The van der Waals surface area contributed by atoms with E-state index in [2.05, 4.69) is 37.3 Å². The van der Waals surface area contributed by atoms with Crippen LogP contribution in [-0.2, 0) is 0 Å². The molecule has 1 atom stereocenters. The Morgan fingerprint density at radius 2 is 2.29 bits per heavy atom. The van der Waals surface area contributed by atoms with Crippen LogP contribution in [-0.4, -0.2) is 5.25 Å². The van der Waals surface area contributed by atoms with Gasteiger partial charge in [0.25, 0.3) is 0 Å². The number of hydrogen-bond donors (Lipinski definition) is 1. The molecule has 0 saturated heterocycles. The molecule has 0 spiro atoms. The summed E-state index contributed by atoms with van der Waals surface area (Å²) in [5.41, 5.74) is 8.26. The van der Waals surface area contributed by atoms with Crippen LogP contribution in [0.1, 0.15) is 19.8 Å². The van der Waals surface area contributed by atoms with Crippen molar-refractivity contribution in [3.05, 3.63) is 46.6 Å². The summed E-state index contributed by atoms with van der Waals surface area (Å²) >= 11 is 1.92. The fourth-order valence-corrected chi connectivity index (χ4v) is 2.91. The Bertz CT molecular complexity index is 347. The van der Waals surface area contributed by atoms with Crippen LogP contribution in [0.15, 0.2) is 46.6 Å². The number of rotatable bonds is 1. The topological polar surface area (TPSA) is 26.0 Å². The Kier molecular flexibility index (Phi) is 2.82. The van der Waals surface area contributed by atoms with Gasteiger partial charge >= 0.3 is 0 Å². The van der Waals surface area contributed by atoms with Gasteiger partial charge in [0.1, 0.15) is 0 Å². The first-order valence-corrected chi connectivity index (χ1v) is 5.81. The molecule has 74 valence electrons. The van der Waals surface area contributed by atoms with Gasteiger partial charge < -0.3 is 5.73 Å². The van der Waals surface area contributed by atoms with Crippen molar-refractivity contribution in [2.24, 2.45) is 5.73 Å². The summed E-state index contributed by atoms with van der Waals surface area (Å²) in [5.74, 6) is 0. The zero-order chi connectivity index (χ0) is 9.97. The lowest BCUT2D eigenvalue weighted by Gasteiger charge is -2.14. The van der Waals surface area contributed by atoms with Gasteiger partial charge in [-0.3, -0.25) is 0 Å². The highest BCUT2D eigenvalue weighted by molar-refractivity contribution is 8.04. The van der Waals surface area contributed by atoms with E-state index in [0.717, 1.165) is 18.5 Å². The first-order valence-electron chi connectivity index (χ1n) is 4.93. The normalized spacial score (nSPS) is 26.6. The monoisotopic (exact) mass is 205 g/mol. The highest BCUT2D eigenvalue weighted by Crippen LogP contribution is 2.38. The smallest absolute Gasteiger partial charge is 0.0396 e. The van der Waals surface area contributed by atoms with Gasteiger partial charge in [-0.2, -0.15) is 0 Å². The molecule has 1 heterocycles. The van der Waals surface area contributed by atoms with E-state index >= 15 is 0 Å². The Morgan fingerprint density at radius 1 is 1.43 bits per heavy atom. The summed E-state index contributed by atoms with van der Waals surface area (Å²) in [4.78, 5) is 1.41. The molecule has 1 nitrogen and oxygen atoms in total. The van der Waals surface area contributed by atoms with E-state index in [1.807, 2.05) is 11.8 Å². The van der Waals surface area contributed by atoms with Crippen molar-refractivity contribution < 1.29 is 0 Å². The van der Waals surface area contributed by atoms with Gasteiger partial charge in [-0.05, 0) is 30.2 Å². The molecule has 0 bridgehead atoms. The SMILES string of the molecule is CC1=CCC(C2=CC=CCC=C2N)S1. The first kappa shape index (κ1) is 9.66. The van der Waals surface area contributed by atoms with Crippen molar-refractivity contribution in [3.63, 3.8) is 0 Å². The fraction of sp³-hybridized carbons (Fsp3) is 0.333. The number of nitrogens with two attached hydrogens (primary N) is 1. The van der Waals surface area contributed by atoms with E-state index in [-0.39, 0.29) is 0 Å². The van der Waals surface area contributed by atoms with Crippen molar-refractivity contribution >= 4 is 11.8 Å². The molecule has 2 N–H and O–H groups in total. The first-order chi connectivity index (χ1) is 6.77. The molecule has 0 saturated carbocycles. The van der Waals surface area contributed by atoms with Gasteiger partial charge in [0.15, 0.2) is 0 Å². The number of hydrogen-bond acceptors (Lipinski definition) is 2. The van der Waals surface area contributed by atoms with Crippen molar-refractivity contribution in [1.82, 2.24) is 0 Å². The van der Waals surface area contributed by atoms with Crippen LogP contribution in [0.25, 0.3) is 0 Å². The van der Waals surface area contributed by atoms with Crippen LogP contribution < -0.4 is 5.73 Å². The Labute approximate surface area is 89.4 Å². The quantitative estimate of drug-likeness (QED) is 0.711. The minimum absolute atomic E-state index is 0.536. The molecular formula is C12H15NS. The molecule has 1 aliphatic carbocycles. The maximum absolute atomic E-state index is 6.02. The van der Waals surface area contributed by atoms with Crippen LogP contribution in [0.4, 0.5) is 0 Å². The lowest BCUT2D eigenvalue weighted by atomic mass is 10.1. The molecular weight excluding hydrogens is 190 g/mol. The van der Waals surface area contributed by atoms with Crippen LogP contribution in [0.3, 0.4) is 0 Å². The maximum atomic E-state index is 6.02. The largest absolute Gasteiger partial charge is 0.399 e. The lowest BCUT2D eigenvalue weighted by molar-refractivity contribution is 1.01. The van der Waals surface area contributed by atoms with Crippen LogP contribution >= 0.6 is 11.8 Å². The van der Waals surface area contributed by atoms with Crippen molar-refractivity contribution in [3.8, 4) is 0 Å². The fourth-order valence-electron chi connectivity index (χ4n) is 1.74.